The summed E-state index contributed by atoms with van der Waals surface area (Å²) in [6.45, 7) is 4.05. The van der Waals surface area contributed by atoms with Crippen molar-refractivity contribution < 1.29 is 4.74 Å². The van der Waals surface area contributed by atoms with Gasteiger partial charge < -0.3 is 4.74 Å². The summed E-state index contributed by atoms with van der Waals surface area (Å²) in [5, 5.41) is 6.31. The van der Waals surface area contributed by atoms with E-state index in [0.29, 0.717) is 0 Å². The Morgan fingerprint density at radius 1 is 1.14 bits per heavy atom. The van der Waals surface area contributed by atoms with Gasteiger partial charge in [0.05, 0.1) is 23.5 Å². The van der Waals surface area contributed by atoms with Crippen molar-refractivity contribution in [2.24, 2.45) is 0 Å². The van der Waals surface area contributed by atoms with Crippen LogP contribution in [0.5, 0.6) is 5.75 Å². The summed E-state index contributed by atoms with van der Waals surface area (Å²) in [5.74, 6) is 0.833. The molecule has 0 saturated carbocycles. The van der Waals surface area contributed by atoms with Crippen molar-refractivity contribution >= 4 is 37.9 Å². The van der Waals surface area contributed by atoms with E-state index < -0.39 is 0 Å². The third-order valence-corrected chi connectivity index (χ3v) is 5.32. The summed E-state index contributed by atoms with van der Waals surface area (Å²) in [6.07, 6.45) is 1.93. The fourth-order valence-electron chi connectivity index (χ4n) is 2.30. The van der Waals surface area contributed by atoms with E-state index in [1.54, 1.807) is 29.8 Å². The topological polar surface area (TPSA) is 52.3 Å². The van der Waals surface area contributed by atoms with Crippen molar-refractivity contribution in [2.45, 2.75) is 13.8 Å². The van der Waals surface area contributed by atoms with Crippen LogP contribution in [0.25, 0.3) is 25.9 Å². The molecule has 3 heterocycles. The molecule has 21 heavy (non-hydrogen) atoms. The van der Waals surface area contributed by atoms with E-state index in [2.05, 4.69) is 22.0 Å². The number of thiazole rings is 1. The summed E-state index contributed by atoms with van der Waals surface area (Å²) in [7, 11) is 1.67. The lowest BCUT2D eigenvalue weighted by Crippen LogP contribution is -1.84. The molecule has 0 aliphatic carbocycles. The Labute approximate surface area is 128 Å². The molecule has 0 atom stereocenters. The molecule has 106 valence electrons. The number of ether oxygens (including phenoxy) is 1. The second-order valence-electron chi connectivity index (χ2n) is 4.79. The fourth-order valence-corrected chi connectivity index (χ4v) is 3.99. The van der Waals surface area contributed by atoms with Gasteiger partial charge >= 0.3 is 0 Å². The maximum Gasteiger partial charge on any atom is 0.212 e. The van der Waals surface area contributed by atoms with Crippen LogP contribution in [-0.4, -0.2) is 26.7 Å². The third-order valence-electron chi connectivity index (χ3n) is 3.25. The number of hydrogen-bond donors (Lipinski definition) is 0. The molecule has 0 unspecified atom stereocenters. The van der Waals surface area contributed by atoms with E-state index in [9.17, 15) is 0 Å². The van der Waals surface area contributed by atoms with Crippen molar-refractivity contribution in [2.75, 3.05) is 7.11 Å². The summed E-state index contributed by atoms with van der Waals surface area (Å²) in [6, 6.07) is 3.99. The zero-order chi connectivity index (χ0) is 14.6. The molecule has 4 rings (SSSR count). The Bertz CT molecular complexity index is 935. The molecular formula is C14H12N4OS2. The van der Waals surface area contributed by atoms with Gasteiger partial charge in [0.15, 0.2) is 0 Å². The molecule has 7 heteroatoms. The van der Waals surface area contributed by atoms with Crippen molar-refractivity contribution in [1.82, 2.24) is 19.6 Å². The molecule has 0 aliphatic rings. The lowest BCUT2D eigenvalue weighted by molar-refractivity contribution is 0.415. The molecule has 4 aromatic rings. The molecule has 0 saturated heterocycles. The average Bonchev–Trinajstić information content (AvgIpc) is 3.09. The smallest absolute Gasteiger partial charge is 0.212 e. The molecule has 3 aromatic heterocycles. The van der Waals surface area contributed by atoms with Crippen LogP contribution < -0.4 is 4.74 Å². The van der Waals surface area contributed by atoms with Crippen LogP contribution in [-0.2, 0) is 0 Å². The summed E-state index contributed by atoms with van der Waals surface area (Å²) < 4.78 is 8.29. The standard InChI is InChI=1S/C14H12N4OS2/c1-7-4-9(19-3)5-10-12(7)21-13(15-10)11-6-18-14(16-11)20-8(2)17-18/h4-6H,1-3H3. The highest BCUT2D eigenvalue weighted by Gasteiger charge is 2.14. The molecule has 5 nitrogen and oxygen atoms in total. The van der Waals surface area contributed by atoms with Crippen molar-refractivity contribution in [3.8, 4) is 16.5 Å². The molecule has 0 amide bonds. The molecular weight excluding hydrogens is 304 g/mol. The van der Waals surface area contributed by atoms with E-state index in [4.69, 9.17) is 4.74 Å². The number of nitrogens with zero attached hydrogens (tertiary/aromatic N) is 4. The van der Waals surface area contributed by atoms with Gasteiger partial charge in [-0.2, -0.15) is 5.10 Å². The number of rotatable bonds is 2. The van der Waals surface area contributed by atoms with E-state index in [-0.39, 0.29) is 0 Å². The highest BCUT2D eigenvalue weighted by molar-refractivity contribution is 7.21. The number of benzene rings is 1. The quantitative estimate of drug-likeness (QED) is 0.566. The monoisotopic (exact) mass is 316 g/mol. The first kappa shape index (κ1) is 12.7. The highest BCUT2D eigenvalue weighted by Crippen LogP contribution is 2.34. The highest BCUT2D eigenvalue weighted by atomic mass is 32.1. The van der Waals surface area contributed by atoms with Gasteiger partial charge in [-0.3, -0.25) is 0 Å². The molecule has 0 fully saturated rings. The van der Waals surface area contributed by atoms with Gasteiger partial charge in [0, 0.05) is 6.07 Å². The van der Waals surface area contributed by atoms with Crippen molar-refractivity contribution in [3.05, 3.63) is 28.9 Å². The van der Waals surface area contributed by atoms with Crippen LogP contribution in [0.2, 0.25) is 0 Å². The molecule has 0 N–H and O–H groups in total. The predicted molar refractivity (Wildman–Crippen MR) is 85.5 cm³/mol. The van der Waals surface area contributed by atoms with Crippen LogP contribution in [0.15, 0.2) is 18.3 Å². The average molecular weight is 316 g/mol. The number of methoxy groups -OCH3 is 1. The first-order valence-corrected chi connectivity index (χ1v) is 8.06. The molecule has 0 spiro atoms. The van der Waals surface area contributed by atoms with Gasteiger partial charge in [-0.1, -0.05) is 11.3 Å². The SMILES string of the molecule is COc1cc(C)c2sc(-c3cn4nc(C)sc4n3)nc2c1. The second-order valence-corrected chi connectivity index (χ2v) is 6.95. The van der Waals surface area contributed by atoms with E-state index >= 15 is 0 Å². The van der Waals surface area contributed by atoms with Gasteiger partial charge in [-0.15, -0.1) is 11.3 Å². The Balaban J connectivity index is 1.89. The molecule has 0 bridgehead atoms. The minimum Gasteiger partial charge on any atom is -0.497 e. The molecule has 0 radical (unpaired) electrons. The number of aromatic nitrogens is 4. The van der Waals surface area contributed by atoms with Gasteiger partial charge in [-0.05, 0) is 25.5 Å². The Kier molecular flexibility index (Phi) is 2.73. The zero-order valence-corrected chi connectivity index (χ0v) is 13.4. The Morgan fingerprint density at radius 3 is 2.76 bits per heavy atom. The van der Waals surface area contributed by atoms with Crippen molar-refractivity contribution in [1.29, 1.82) is 0 Å². The number of aryl methyl sites for hydroxylation is 2. The molecule has 1 aromatic carbocycles. The third kappa shape index (κ3) is 2.00. The summed E-state index contributed by atoms with van der Waals surface area (Å²) >= 11 is 3.23. The van der Waals surface area contributed by atoms with Gasteiger partial charge in [0.25, 0.3) is 0 Å². The number of hydrogen-bond acceptors (Lipinski definition) is 6. The minimum atomic E-state index is 0.833. The Morgan fingerprint density at radius 2 is 2.00 bits per heavy atom. The van der Waals surface area contributed by atoms with E-state index in [1.165, 1.54) is 10.3 Å². The van der Waals surface area contributed by atoms with Crippen LogP contribution in [0.3, 0.4) is 0 Å². The normalized spacial score (nSPS) is 11.6. The first-order valence-electron chi connectivity index (χ1n) is 6.42. The van der Waals surface area contributed by atoms with Crippen LogP contribution in [0.1, 0.15) is 10.6 Å². The number of imidazole rings is 1. The minimum absolute atomic E-state index is 0.833. The van der Waals surface area contributed by atoms with Crippen LogP contribution in [0.4, 0.5) is 0 Å². The predicted octanol–water partition coefficient (Wildman–Crippen LogP) is 3.69. The first-order chi connectivity index (χ1) is 10.1. The Hall–Kier alpha value is -1.99. The van der Waals surface area contributed by atoms with Crippen LogP contribution >= 0.6 is 22.7 Å². The largest absolute Gasteiger partial charge is 0.497 e. The molecule has 0 aliphatic heterocycles. The maximum atomic E-state index is 5.30. The van der Waals surface area contributed by atoms with Gasteiger partial charge in [0.1, 0.15) is 21.5 Å². The van der Waals surface area contributed by atoms with Gasteiger partial charge in [-0.25, -0.2) is 14.5 Å². The second kappa shape index (κ2) is 4.51. The number of fused-ring (bicyclic) bond motifs is 2. The zero-order valence-electron chi connectivity index (χ0n) is 11.7. The van der Waals surface area contributed by atoms with Gasteiger partial charge in [0.2, 0.25) is 4.96 Å². The van der Waals surface area contributed by atoms with Crippen LogP contribution in [0, 0.1) is 13.8 Å². The lowest BCUT2D eigenvalue weighted by Gasteiger charge is -2.00. The van der Waals surface area contributed by atoms with E-state index in [0.717, 1.165) is 31.9 Å². The fraction of sp³-hybridized carbons (Fsp3) is 0.214. The maximum absolute atomic E-state index is 5.30. The van der Waals surface area contributed by atoms with E-state index in [1.807, 2.05) is 29.8 Å². The van der Waals surface area contributed by atoms with Crippen molar-refractivity contribution in [3.63, 3.8) is 0 Å². The summed E-state index contributed by atoms with van der Waals surface area (Å²) in [5.41, 5.74) is 2.99. The summed E-state index contributed by atoms with van der Waals surface area (Å²) in [4.78, 5) is 10.2. The lowest BCUT2D eigenvalue weighted by atomic mass is 10.2.